The highest BCUT2D eigenvalue weighted by Gasteiger charge is 2.03. The summed E-state index contributed by atoms with van der Waals surface area (Å²) < 4.78 is 11.0. The lowest BCUT2D eigenvalue weighted by Gasteiger charge is -2.16. The van der Waals surface area contributed by atoms with Gasteiger partial charge in [0.25, 0.3) is 0 Å². The topological polar surface area (TPSA) is 71.0 Å². The van der Waals surface area contributed by atoms with Crippen LogP contribution in [0.2, 0.25) is 0 Å². The van der Waals surface area contributed by atoms with Crippen molar-refractivity contribution in [1.82, 2.24) is 20.5 Å². The van der Waals surface area contributed by atoms with E-state index >= 15 is 0 Å². The van der Waals surface area contributed by atoms with Gasteiger partial charge in [-0.05, 0) is 38.6 Å². The second kappa shape index (κ2) is 16.2. The molecule has 0 fully saturated rings. The molecule has 0 atom stereocenters. The van der Waals surface area contributed by atoms with Gasteiger partial charge in [0, 0.05) is 45.1 Å². The number of nitrogens with one attached hydrogen (secondary N) is 2. The van der Waals surface area contributed by atoms with Crippen LogP contribution in [0, 0.1) is 6.92 Å². The molecule has 2 rings (SSSR count). The number of aromatic nitrogens is 1. The summed E-state index contributed by atoms with van der Waals surface area (Å²) in [5.41, 5.74) is 2.24. The van der Waals surface area contributed by atoms with Crippen molar-refractivity contribution in [2.75, 3.05) is 53.6 Å². The highest BCUT2D eigenvalue weighted by Crippen LogP contribution is 2.14. The summed E-state index contributed by atoms with van der Waals surface area (Å²) in [6, 6.07) is 8.13. The smallest absolute Gasteiger partial charge is 0.191 e. The minimum absolute atomic E-state index is 0. The molecule has 0 saturated heterocycles. The number of methoxy groups -OCH3 is 1. The van der Waals surface area contributed by atoms with Gasteiger partial charge in [-0.3, -0.25) is 0 Å². The molecular formula is C22H36IN5O2S. The predicted octanol–water partition coefficient (Wildman–Crippen LogP) is 3.32. The number of rotatable bonds is 13. The van der Waals surface area contributed by atoms with Crippen molar-refractivity contribution in [3.63, 3.8) is 0 Å². The zero-order valence-corrected chi connectivity index (χ0v) is 22.2. The molecule has 0 aliphatic rings. The third-order valence-electron chi connectivity index (χ3n) is 4.42. The molecule has 0 bridgehead atoms. The van der Waals surface area contributed by atoms with Gasteiger partial charge in [0.1, 0.15) is 12.4 Å². The maximum absolute atomic E-state index is 5.90. The van der Waals surface area contributed by atoms with Crippen LogP contribution in [0.5, 0.6) is 5.75 Å². The quantitative estimate of drug-likeness (QED) is 0.222. The Morgan fingerprint density at radius 3 is 2.74 bits per heavy atom. The monoisotopic (exact) mass is 561 g/mol. The number of hydrogen-bond donors (Lipinski definition) is 2. The molecule has 0 aliphatic carbocycles. The number of likely N-dealkylation sites (N-methyl/N-ethyl adjacent to an activating group) is 1. The lowest BCUT2D eigenvalue weighted by atomic mass is 10.2. The first-order chi connectivity index (χ1) is 14.6. The molecule has 9 heteroatoms. The first-order valence-corrected chi connectivity index (χ1v) is 11.3. The van der Waals surface area contributed by atoms with E-state index in [1.54, 1.807) is 18.4 Å². The molecule has 0 amide bonds. The molecule has 174 valence electrons. The van der Waals surface area contributed by atoms with Gasteiger partial charge in [-0.2, -0.15) is 0 Å². The van der Waals surface area contributed by atoms with Crippen molar-refractivity contribution < 1.29 is 9.47 Å². The fraction of sp³-hybridized carbons (Fsp3) is 0.545. The number of aliphatic imine (C=N–C) groups is 1. The molecular weight excluding hydrogens is 525 g/mol. The second-order valence-corrected chi connectivity index (χ2v) is 8.08. The lowest BCUT2D eigenvalue weighted by molar-refractivity contribution is 0.150. The number of benzene rings is 1. The van der Waals surface area contributed by atoms with Gasteiger partial charge in [-0.15, -0.1) is 35.3 Å². The average molecular weight is 562 g/mol. The Morgan fingerprint density at radius 2 is 2.03 bits per heavy atom. The zero-order valence-electron chi connectivity index (χ0n) is 19.0. The van der Waals surface area contributed by atoms with E-state index in [4.69, 9.17) is 14.5 Å². The number of aryl methyl sites for hydroxylation is 1. The van der Waals surface area contributed by atoms with Crippen LogP contribution in [-0.2, 0) is 17.7 Å². The molecule has 2 N–H and O–H groups in total. The van der Waals surface area contributed by atoms with Crippen LogP contribution in [0.4, 0.5) is 0 Å². The van der Waals surface area contributed by atoms with Gasteiger partial charge in [0.15, 0.2) is 5.96 Å². The minimum atomic E-state index is 0. The first kappa shape index (κ1) is 27.6. The number of hydrogen-bond acceptors (Lipinski definition) is 6. The molecule has 1 heterocycles. The number of nitrogens with zero attached hydrogens (tertiary/aromatic N) is 3. The molecule has 1 aromatic carbocycles. The van der Waals surface area contributed by atoms with Crippen LogP contribution in [0.3, 0.4) is 0 Å². The summed E-state index contributed by atoms with van der Waals surface area (Å²) in [5, 5.41) is 9.90. The van der Waals surface area contributed by atoms with Crippen molar-refractivity contribution in [3.8, 4) is 5.75 Å². The van der Waals surface area contributed by atoms with E-state index in [0.717, 1.165) is 67.2 Å². The van der Waals surface area contributed by atoms with Crippen LogP contribution in [0.25, 0.3) is 0 Å². The Balaban J connectivity index is 0.00000480. The molecule has 0 unspecified atom stereocenters. The van der Waals surface area contributed by atoms with Crippen molar-refractivity contribution in [3.05, 3.63) is 45.9 Å². The van der Waals surface area contributed by atoms with E-state index in [9.17, 15) is 0 Å². The Kier molecular flexibility index (Phi) is 14.5. The van der Waals surface area contributed by atoms with Crippen LogP contribution in [-0.4, -0.2) is 69.4 Å². The molecule has 0 radical (unpaired) electrons. The van der Waals surface area contributed by atoms with Gasteiger partial charge in [0.2, 0.25) is 0 Å². The SMILES string of the molecule is CCNC(=NCc1cccc(OCCN(C)CCOC)c1)NCCc1csc(C)n1.I. The normalized spacial score (nSPS) is 11.3. The third kappa shape index (κ3) is 11.7. The Labute approximate surface area is 207 Å². The molecule has 1 aromatic heterocycles. The first-order valence-electron chi connectivity index (χ1n) is 10.4. The Bertz CT molecular complexity index is 772. The molecule has 31 heavy (non-hydrogen) atoms. The highest BCUT2D eigenvalue weighted by molar-refractivity contribution is 14.0. The van der Waals surface area contributed by atoms with E-state index in [1.807, 2.05) is 19.1 Å². The van der Waals surface area contributed by atoms with Gasteiger partial charge in [-0.1, -0.05) is 12.1 Å². The predicted molar refractivity (Wildman–Crippen MR) is 140 cm³/mol. The van der Waals surface area contributed by atoms with Crippen LogP contribution >= 0.6 is 35.3 Å². The third-order valence-corrected chi connectivity index (χ3v) is 5.24. The second-order valence-electron chi connectivity index (χ2n) is 7.02. The van der Waals surface area contributed by atoms with E-state index in [2.05, 4.69) is 52.0 Å². The van der Waals surface area contributed by atoms with Gasteiger partial charge >= 0.3 is 0 Å². The van der Waals surface area contributed by atoms with Crippen molar-refractivity contribution >= 4 is 41.3 Å². The van der Waals surface area contributed by atoms with Crippen molar-refractivity contribution in [1.29, 1.82) is 0 Å². The lowest BCUT2D eigenvalue weighted by Crippen LogP contribution is -2.38. The summed E-state index contributed by atoms with van der Waals surface area (Å²) >= 11 is 1.69. The highest BCUT2D eigenvalue weighted by atomic mass is 127. The minimum Gasteiger partial charge on any atom is -0.492 e. The summed E-state index contributed by atoms with van der Waals surface area (Å²) in [6.07, 6.45) is 0.886. The van der Waals surface area contributed by atoms with Crippen LogP contribution in [0.1, 0.15) is 23.2 Å². The fourth-order valence-corrected chi connectivity index (χ4v) is 3.40. The average Bonchev–Trinajstić information content (AvgIpc) is 3.16. The summed E-state index contributed by atoms with van der Waals surface area (Å²) in [5.74, 6) is 1.69. The van der Waals surface area contributed by atoms with Gasteiger partial charge in [-0.25, -0.2) is 9.98 Å². The molecule has 0 aliphatic heterocycles. The van der Waals surface area contributed by atoms with E-state index in [1.165, 1.54) is 0 Å². The molecule has 0 saturated carbocycles. The largest absolute Gasteiger partial charge is 0.492 e. The number of halogens is 1. The van der Waals surface area contributed by atoms with Crippen LogP contribution < -0.4 is 15.4 Å². The Hall–Kier alpha value is -1.43. The number of guanidine groups is 1. The molecule has 7 nitrogen and oxygen atoms in total. The van der Waals surface area contributed by atoms with Crippen molar-refractivity contribution in [2.24, 2.45) is 4.99 Å². The van der Waals surface area contributed by atoms with E-state index in [0.29, 0.717) is 13.2 Å². The number of ether oxygens (including phenoxy) is 2. The van der Waals surface area contributed by atoms with Crippen LogP contribution in [0.15, 0.2) is 34.6 Å². The van der Waals surface area contributed by atoms with E-state index < -0.39 is 0 Å². The molecule has 0 spiro atoms. The summed E-state index contributed by atoms with van der Waals surface area (Å²) in [7, 11) is 3.79. The van der Waals surface area contributed by atoms with Gasteiger partial charge in [0.05, 0.1) is 23.9 Å². The van der Waals surface area contributed by atoms with Crippen molar-refractivity contribution in [2.45, 2.75) is 26.8 Å². The summed E-state index contributed by atoms with van der Waals surface area (Å²) in [4.78, 5) is 11.4. The number of thiazole rings is 1. The Morgan fingerprint density at radius 1 is 1.23 bits per heavy atom. The van der Waals surface area contributed by atoms with E-state index in [-0.39, 0.29) is 24.0 Å². The maximum Gasteiger partial charge on any atom is 0.191 e. The zero-order chi connectivity index (χ0) is 21.6. The molecule has 2 aromatic rings. The summed E-state index contributed by atoms with van der Waals surface area (Å²) in [6.45, 7) is 9.45. The standard InChI is InChI=1S/C22H35N5O2S.HI/c1-5-23-22(24-10-9-20-17-30-18(2)26-20)25-16-19-7-6-8-21(15-19)29-14-12-27(3)11-13-28-4;/h6-8,15,17H,5,9-14,16H2,1-4H3,(H2,23,24,25);1H. The fourth-order valence-electron chi connectivity index (χ4n) is 2.76. The maximum atomic E-state index is 5.90. The van der Waals surface area contributed by atoms with Gasteiger partial charge < -0.3 is 25.0 Å².